The van der Waals surface area contributed by atoms with Crippen LogP contribution in [0.1, 0.15) is 0 Å². The zero-order chi connectivity index (χ0) is 2.00. The Morgan fingerprint density at radius 1 is 1.25 bits per heavy atom. The maximum absolute atomic E-state index is 4.50. The first-order valence-electron chi connectivity index (χ1n) is 0.577. The van der Waals surface area contributed by atoms with Crippen LogP contribution in [-0.4, -0.2) is 7.85 Å². The SMILES string of the molecule is [B]C.[Fe].[Ni]. The molecular weight excluding hydrogens is 137 g/mol. The van der Waals surface area contributed by atoms with Crippen molar-refractivity contribution in [1.82, 2.24) is 0 Å². The van der Waals surface area contributed by atoms with Crippen molar-refractivity contribution in [3.05, 3.63) is 0 Å². The van der Waals surface area contributed by atoms with Gasteiger partial charge in [-0.25, -0.2) is 0 Å². The Hall–Kier alpha value is 1.08. The van der Waals surface area contributed by atoms with Gasteiger partial charge in [0.15, 0.2) is 0 Å². The van der Waals surface area contributed by atoms with Gasteiger partial charge in [0.25, 0.3) is 0 Å². The molecule has 0 aliphatic heterocycles. The molecule has 3 heteroatoms. The average Bonchev–Trinajstić information content (AvgIpc) is 1.00. The van der Waals surface area contributed by atoms with Crippen LogP contribution in [0, 0.1) is 0 Å². The summed E-state index contributed by atoms with van der Waals surface area (Å²) in [6.45, 7) is 1.50. The van der Waals surface area contributed by atoms with Gasteiger partial charge in [0.05, 0.1) is 7.85 Å². The number of hydrogen-bond donors (Lipinski definition) is 0. The second-order valence-electron chi connectivity index (χ2n) is 0. The average molecular weight is 140 g/mol. The second-order valence-corrected chi connectivity index (χ2v) is 0. The monoisotopic (exact) mass is 140 g/mol. The first-order chi connectivity index (χ1) is 1.00. The molecule has 0 atom stereocenters. The second kappa shape index (κ2) is 33.2. The Kier molecular flexibility index (Phi) is 163. The van der Waals surface area contributed by atoms with Crippen molar-refractivity contribution in [2.75, 3.05) is 0 Å². The molecule has 0 unspecified atom stereocenters. The largest absolute Gasteiger partial charge is 0.0999 e. The minimum atomic E-state index is 0. The van der Waals surface area contributed by atoms with Crippen LogP contribution in [0.2, 0.25) is 6.82 Å². The van der Waals surface area contributed by atoms with E-state index in [0.717, 1.165) is 0 Å². The van der Waals surface area contributed by atoms with E-state index in [1.165, 1.54) is 6.82 Å². The van der Waals surface area contributed by atoms with Crippen LogP contribution in [0.5, 0.6) is 0 Å². The van der Waals surface area contributed by atoms with E-state index in [4.69, 9.17) is 0 Å². The molecule has 0 amide bonds. The van der Waals surface area contributed by atoms with Crippen LogP contribution in [0.25, 0.3) is 0 Å². The summed E-state index contributed by atoms with van der Waals surface area (Å²) in [6, 6.07) is 0. The number of rotatable bonds is 0. The zero-order valence-electron chi connectivity index (χ0n) is 2.25. The van der Waals surface area contributed by atoms with E-state index < -0.39 is 0 Å². The van der Waals surface area contributed by atoms with Gasteiger partial charge >= 0.3 is 0 Å². The Morgan fingerprint density at radius 3 is 1.25 bits per heavy atom. The molecular formula is CH3BFeNi. The summed E-state index contributed by atoms with van der Waals surface area (Å²) in [6.07, 6.45) is 0. The molecule has 2 radical (unpaired) electrons. The Morgan fingerprint density at radius 2 is 1.25 bits per heavy atom. The van der Waals surface area contributed by atoms with Crippen molar-refractivity contribution >= 4 is 7.85 Å². The Labute approximate surface area is 48.5 Å². The Bertz CT molecular complexity index is 8.00. The van der Waals surface area contributed by atoms with Gasteiger partial charge in [-0.3, -0.25) is 0 Å². The predicted octanol–water partition coefficient (Wildman–Crippen LogP) is 0.198. The molecule has 0 fully saturated rings. The van der Waals surface area contributed by atoms with E-state index in [2.05, 4.69) is 7.85 Å². The van der Waals surface area contributed by atoms with Crippen molar-refractivity contribution in [2.24, 2.45) is 0 Å². The summed E-state index contributed by atoms with van der Waals surface area (Å²) in [5.74, 6) is 0. The topological polar surface area (TPSA) is 0 Å². The van der Waals surface area contributed by atoms with Crippen LogP contribution in [-0.2, 0) is 33.6 Å². The maximum Gasteiger partial charge on any atom is 0.0606 e. The summed E-state index contributed by atoms with van der Waals surface area (Å²) in [5.41, 5.74) is 0. The quantitative estimate of drug-likeness (QED) is 0.422. The van der Waals surface area contributed by atoms with Gasteiger partial charge in [0.2, 0.25) is 0 Å². The van der Waals surface area contributed by atoms with E-state index in [1.807, 2.05) is 0 Å². The summed E-state index contributed by atoms with van der Waals surface area (Å²) < 4.78 is 0. The van der Waals surface area contributed by atoms with Gasteiger partial charge in [-0.1, -0.05) is 6.82 Å². The molecule has 0 aromatic heterocycles. The summed E-state index contributed by atoms with van der Waals surface area (Å²) >= 11 is 0. The molecule has 0 saturated heterocycles. The van der Waals surface area contributed by atoms with E-state index >= 15 is 0 Å². The van der Waals surface area contributed by atoms with Crippen LogP contribution in [0.15, 0.2) is 0 Å². The van der Waals surface area contributed by atoms with Crippen LogP contribution in [0.3, 0.4) is 0 Å². The number of hydrogen-bond acceptors (Lipinski definition) is 0. The third-order valence-electron chi connectivity index (χ3n) is 0. The van der Waals surface area contributed by atoms with E-state index in [1.54, 1.807) is 0 Å². The van der Waals surface area contributed by atoms with E-state index in [9.17, 15) is 0 Å². The zero-order valence-corrected chi connectivity index (χ0v) is 4.34. The molecule has 0 aromatic carbocycles. The summed E-state index contributed by atoms with van der Waals surface area (Å²) in [4.78, 5) is 0. The molecule has 0 N–H and O–H groups in total. The van der Waals surface area contributed by atoms with Gasteiger partial charge in [-0.2, -0.15) is 0 Å². The summed E-state index contributed by atoms with van der Waals surface area (Å²) in [7, 11) is 4.50. The fraction of sp³-hybridized carbons (Fsp3) is 1.00. The van der Waals surface area contributed by atoms with Crippen molar-refractivity contribution < 1.29 is 33.6 Å². The molecule has 0 heterocycles. The molecule has 0 bridgehead atoms. The third-order valence-corrected chi connectivity index (χ3v) is 0. The molecule has 0 aliphatic rings. The Balaban J connectivity index is -0.00000000500. The van der Waals surface area contributed by atoms with E-state index in [0.29, 0.717) is 0 Å². The van der Waals surface area contributed by atoms with Crippen LogP contribution in [0.4, 0.5) is 0 Å². The van der Waals surface area contributed by atoms with E-state index in [-0.39, 0.29) is 33.6 Å². The first-order valence-corrected chi connectivity index (χ1v) is 0.577. The standard InChI is InChI=1S/CH3B.Fe.Ni/c1-2;;/h1H3;;. The molecule has 28 valence electrons. The maximum atomic E-state index is 4.50. The van der Waals surface area contributed by atoms with Crippen molar-refractivity contribution in [1.29, 1.82) is 0 Å². The van der Waals surface area contributed by atoms with Crippen LogP contribution < -0.4 is 0 Å². The minimum Gasteiger partial charge on any atom is -0.0999 e. The van der Waals surface area contributed by atoms with Gasteiger partial charge < -0.3 is 0 Å². The molecule has 0 nitrogen and oxygen atoms in total. The molecule has 0 saturated carbocycles. The van der Waals surface area contributed by atoms with Crippen molar-refractivity contribution in [3.8, 4) is 0 Å². The molecule has 0 aliphatic carbocycles. The fourth-order valence-corrected chi connectivity index (χ4v) is 0. The fourth-order valence-electron chi connectivity index (χ4n) is 0. The third kappa shape index (κ3) is 11.4. The van der Waals surface area contributed by atoms with Crippen molar-refractivity contribution in [2.45, 2.75) is 6.82 Å². The predicted molar refractivity (Wildman–Crippen MR) is 11.6 cm³/mol. The minimum absolute atomic E-state index is 0. The van der Waals surface area contributed by atoms with Crippen LogP contribution >= 0.6 is 0 Å². The van der Waals surface area contributed by atoms with Gasteiger partial charge in [0, 0.05) is 33.6 Å². The normalized spacial score (nSPS) is 1.25. The first kappa shape index (κ1) is 19.6. The molecule has 0 aromatic rings. The summed E-state index contributed by atoms with van der Waals surface area (Å²) in [5, 5.41) is 0. The van der Waals surface area contributed by atoms with Gasteiger partial charge in [-0.15, -0.1) is 0 Å². The molecule has 0 rings (SSSR count). The molecule has 0 spiro atoms. The smallest absolute Gasteiger partial charge is 0.0606 e. The van der Waals surface area contributed by atoms with Gasteiger partial charge in [0.1, 0.15) is 0 Å². The van der Waals surface area contributed by atoms with Gasteiger partial charge in [-0.05, 0) is 0 Å². The van der Waals surface area contributed by atoms with Crippen molar-refractivity contribution in [3.63, 3.8) is 0 Å². The molecule has 4 heavy (non-hydrogen) atoms.